The van der Waals surface area contributed by atoms with E-state index in [9.17, 15) is 4.79 Å². The maximum absolute atomic E-state index is 12.3. The van der Waals surface area contributed by atoms with Gasteiger partial charge in [-0.05, 0) is 31.9 Å². The molecule has 1 aromatic heterocycles. The predicted molar refractivity (Wildman–Crippen MR) is 108 cm³/mol. The first-order valence-electron chi connectivity index (χ1n) is 9.40. The summed E-state index contributed by atoms with van der Waals surface area (Å²) in [5.74, 6) is 0.824. The lowest BCUT2D eigenvalue weighted by molar-refractivity contribution is -0.120. The topological polar surface area (TPSA) is 72.3 Å². The molecular formula is C19H27N5O2S. The molecule has 7 nitrogen and oxygen atoms in total. The summed E-state index contributed by atoms with van der Waals surface area (Å²) in [6.45, 7) is 9.63. The molecule has 1 aliphatic heterocycles. The second kappa shape index (κ2) is 9.23. The molecule has 1 fully saturated rings. The maximum atomic E-state index is 12.3. The summed E-state index contributed by atoms with van der Waals surface area (Å²) in [6.07, 6.45) is 0.920. The molecular weight excluding hydrogens is 362 g/mol. The molecule has 1 aliphatic rings. The van der Waals surface area contributed by atoms with Gasteiger partial charge in [-0.25, -0.2) is 0 Å². The summed E-state index contributed by atoms with van der Waals surface area (Å²) in [5.41, 5.74) is 2.17. The standard InChI is InChI=1S/C19H27N5O2S/c1-4-9-20-17(25)15(3)27-19-22-21-18(23-10-12-26-13-11-23)24(19)16-8-6-5-7-14(16)2/h5-8,15H,4,9-13H2,1-3H3,(H,20,25). The van der Waals surface area contributed by atoms with Crippen LogP contribution in [0.25, 0.3) is 5.69 Å². The van der Waals surface area contributed by atoms with E-state index in [2.05, 4.69) is 44.0 Å². The van der Waals surface area contributed by atoms with Gasteiger partial charge in [0.25, 0.3) is 0 Å². The van der Waals surface area contributed by atoms with Crippen molar-refractivity contribution in [3.05, 3.63) is 29.8 Å². The minimum Gasteiger partial charge on any atom is -0.378 e. The molecule has 8 heteroatoms. The zero-order chi connectivity index (χ0) is 19.2. The van der Waals surface area contributed by atoms with Crippen molar-refractivity contribution < 1.29 is 9.53 Å². The number of thioether (sulfide) groups is 1. The molecule has 1 N–H and O–H groups in total. The molecule has 0 spiro atoms. The van der Waals surface area contributed by atoms with Crippen LogP contribution >= 0.6 is 11.8 Å². The van der Waals surface area contributed by atoms with E-state index in [1.165, 1.54) is 11.8 Å². The highest BCUT2D eigenvalue weighted by Crippen LogP contribution is 2.30. The van der Waals surface area contributed by atoms with Crippen LogP contribution in [-0.2, 0) is 9.53 Å². The number of nitrogens with zero attached hydrogens (tertiary/aromatic N) is 4. The van der Waals surface area contributed by atoms with Gasteiger partial charge in [0.05, 0.1) is 24.2 Å². The monoisotopic (exact) mass is 389 g/mol. The van der Waals surface area contributed by atoms with Crippen LogP contribution in [0.2, 0.25) is 0 Å². The fraction of sp³-hybridized carbons (Fsp3) is 0.526. The Morgan fingerprint density at radius 3 is 2.74 bits per heavy atom. The van der Waals surface area contributed by atoms with Crippen molar-refractivity contribution in [2.45, 2.75) is 37.6 Å². The molecule has 1 unspecified atom stereocenters. The molecule has 0 saturated carbocycles. The zero-order valence-corrected chi connectivity index (χ0v) is 17.0. The third-order valence-electron chi connectivity index (χ3n) is 4.47. The number of ether oxygens (including phenoxy) is 1. The minimum absolute atomic E-state index is 0.0223. The van der Waals surface area contributed by atoms with E-state index in [1.807, 2.05) is 26.0 Å². The second-order valence-corrected chi connectivity index (χ2v) is 7.86. The molecule has 1 amide bonds. The Morgan fingerprint density at radius 2 is 2.04 bits per heavy atom. The summed E-state index contributed by atoms with van der Waals surface area (Å²) in [5, 5.41) is 12.3. The van der Waals surface area contributed by atoms with Gasteiger partial charge in [-0.15, -0.1) is 10.2 Å². The number of hydrogen-bond donors (Lipinski definition) is 1. The van der Waals surface area contributed by atoms with Crippen molar-refractivity contribution in [2.75, 3.05) is 37.7 Å². The summed E-state index contributed by atoms with van der Waals surface area (Å²) >= 11 is 1.44. The molecule has 1 saturated heterocycles. The number of aryl methyl sites for hydroxylation is 1. The van der Waals surface area contributed by atoms with Crippen molar-refractivity contribution in [3.8, 4) is 5.69 Å². The molecule has 1 aromatic carbocycles. The van der Waals surface area contributed by atoms with Gasteiger partial charge in [0.1, 0.15) is 0 Å². The normalized spacial score (nSPS) is 15.6. The first-order valence-corrected chi connectivity index (χ1v) is 10.3. The Hall–Kier alpha value is -2.06. The van der Waals surface area contributed by atoms with E-state index in [1.54, 1.807) is 0 Å². The van der Waals surface area contributed by atoms with Crippen molar-refractivity contribution in [2.24, 2.45) is 0 Å². The number of hydrogen-bond acceptors (Lipinski definition) is 6. The number of morpholine rings is 1. The molecule has 2 aromatic rings. The van der Waals surface area contributed by atoms with Crippen molar-refractivity contribution in [1.29, 1.82) is 0 Å². The van der Waals surface area contributed by atoms with Crippen molar-refractivity contribution >= 4 is 23.6 Å². The number of anilines is 1. The summed E-state index contributed by atoms with van der Waals surface area (Å²) in [6, 6.07) is 8.17. The third-order valence-corrected chi connectivity index (χ3v) is 5.51. The van der Waals surface area contributed by atoms with Gasteiger partial charge in [-0.2, -0.15) is 0 Å². The van der Waals surface area contributed by atoms with E-state index in [4.69, 9.17) is 4.74 Å². The van der Waals surface area contributed by atoms with Crippen molar-refractivity contribution in [1.82, 2.24) is 20.1 Å². The lowest BCUT2D eigenvalue weighted by Gasteiger charge is -2.28. The van der Waals surface area contributed by atoms with Crippen LogP contribution in [0.1, 0.15) is 25.8 Å². The van der Waals surface area contributed by atoms with E-state index in [0.717, 1.165) is 41.9 Å². The Balaban J connectivity index is 1.93. The van der Waals surface area contributed by atoms with Crippen molar-refractivity contribution in [3.63, 3.8) is 0 Å². The van der Waals surface area contributed by atoms with E-state index in [0.29, 0.717) is 19.8 Å². The summed E-state index contributed by atoms with van der Waals surface area (Å²) < 4.78 is 7.54. The van der Waals surface area contributed by atoms with E-state index < -0.39 is 0 Å². The predicted octanol–water partition coefficient (Wildman–Crippen LogP) is 2.42. The Bertz CT molecular complexity index is 773. The Morgan fingerprint density at radius 1 is 1.30 bits per heavy atom. The van der Waals surface area contributed by atoms with Crippen LogP contribution < -0.4 is 10.2 Å². The maximum Gasteiger partial charge on any atom is 0.233 e. The molecule has 27 heavy (non-hydrogen) atoms. The number of carbonyl (C=O) groups excluding carboxylic acids is 1. The number of rotatable bonds is 7. The van der Waals surface area contributed by atoms with Crippen LogP contribution in [-0.4, -0.2) is 58.8 Å². The minimum atomic E-state index is -0.249. The van der Waals surface area contributed by atoms with Gasteiger partial charge in [-0.3, -0.25) is 9.36 Å². The average molecular weight is 390 g/mol. The lowest BCUT2D eigenvalue weighted by atomic mass is 10.2. The highest BCUT2D eigenvalue weighted by Gasteiger charge is 2.25. The lowest BCUT2D eigenvalue weighted by Crippen LogP contribution is -2.38. The van der Waals surface area contributed by atoms with Gasteiger partial charge in [-0.1, -0.05) is 36.9 Å². The van der Waals surface area contributed by atoms with Gasteiger partial charge in [0, 0.05) is 19.6 Å². The molecule has 0 radical (unpaired) electrons. The molecule has 0 bridgehead atoms. The van der Waals surface area contributed by atoms with Gasteiger partial charge < -0.3 is 15.0 Å². The summed E-state index contributed by atoms with van der Waals surface area (Å²) in [4.78, 5) is 14.5. The van der Waals surface area contributed by atoms with Gasteiger partial charge >= 0.3 is 0 Å². The highest BCUT2D eigenvalue weighted by molar-refractivity contribution is 8.00. The first kappa shape index (κ1) is 19.7. The van der Waals surface area contributed by atoms with E-state index in [-0.39, 0.29) is 11.2 Å². The quantitative estimate of drug-likeness (QED) is 0.733. The number of nitrogens with one attached hydrogen (secondary N) is 1. The smallest absolute Gasteiger partial charge is 0.233 e. The number of carbonyl (C=O) groups is 1. The van der Waals surface area contributed by atoms with Crippen LogP contribution in [0.5, 0.6) is 0 Å². The molecule has 1 atom stereocenters. The van der Waals surface area contributed by atoms with Gasteiger partial charge in [0.2, 0.25) is 11.9 Å². The second-order valence-electron chi connectivity index (χ2n) is 6.55. The SMILES string of the molecule is CCCNC(=O)C(C)Sc1nnc(N2CCOCC2)n1-c1ccccc1C. The average Bonchev–Trinajstić information content (AvgIpc) is 3.10. The van der Waals surface area contributed by atoms with E-state index >= 15 is 0 Å². The highest BCUT2D eigenvalue weighted by atomic mass is 32.2. The van der Waals surface area contributed by atoms with Crippen LogP contribution in [0.15, 0.2) is 29.4 Å². The first-order chi connectivity index (χ1) is 13.1. The number of para-hydroxylation sites is 1. The largest absolute Gasteiger partial charge is 0.378 e. The fourth-order valence-electron chi connectivity index (χ4n) is 2.94. The van der Waals surface area contributed by atoms with Crippen LogP contribution in [0, 0.1) is 6.92 Å². The fourth-order valence-corrected chi connectivity index (χ4v) is 3.82. The molecule has 146 valence electrons. The van der Waals surface area contributed by atoms with Crippen LogP contribution in [0.4, 0.5) is 5.95 Å². The van der Waals surface area contributed by atoms with Gasteiger partial charge in [0.15, 0.2) is 5.16 Å². The molecule has 0 aliphatic carbocycles. The Labute approximate surface area is 164 Å². The van der Waals surface area contributed by atoms with Crippen LogP contribution in [0.3, 0.4) is 0 Å². The third kappa shape index (κ3) is 4.62. The Kier molecular flexibility index (Phi) is 6.73. The zero-order valence-electron chi connectivity index (χ0n) is 16.1. The number of aromatic nitrogens is 3. The number of benzene rings is 1. The summed E-state index contributed by atoms with van der Waals surface area (Å²) in [7, 11) is 0. The number of amides is 1. The molecule has 3 rings (SSSR count). The molecule has 2 heterocycles.